The summed E-state index contributed by atoms with van der Waals surface area (Å²) in [4.78, 5) is 35.1. The summed E-state index contributed by atoms with van der Waals surface area (Å²) in [5, 5.41) is 8.83. The van der Waals surface area contributed by atoms with Crippen molar-refractivity contribution in [2.75, 3.05) is 6.54 Å². The second kappa shape index (κ2) is 6.05. The predicted octanol–water partition coefficient (Wildman–Crippen LogP) is 1.12. The van der Waals surface area contributed by atoms with Crippen LogP contribution in [0.3, 0.4) is 0 Å². The van der Waals surface area contributed by atoms with Crippen LogP contribution in [-0.2, 0) is 14.4 Å². The van der Waals surface area contributed by atoms with E-state index in [1.54, 1.807) is 6.92 Å². The Morgan fingerprint density at radius 1 is 1.47 bits per heavy atom. The molecule has 0 radical (unpaired) electrons. The summed E-state index contributed by atoms with van der Waals surface area (Å²) in [7, 11) is 0. The Labute approximate surface area is 105 Å². The second-order valence-electron chi connectivity index (χ2n) is 4.21. The smallest absolute Gasteiger partial charge is 0.326 e. The van der Waals surface area contributed by atoms with Crippen molar-refractivity contribution in [3.63, 3.8) is 0 Å². The molecule has 5 nitrogen and oxygen atoms in total. The molecule has 0 aliphatic carbocycles. The Morgan fingerprint density at radius 2 is 2.12 bits per heavy atom. The minimum atomic E-state index is -0.942. The largest absolute Gasteiger partial charge is 0.480 e. The number of rotatable bonds is 4. The Hall–Kier alpha value is -1.04. The summed E-state index contributed by atoms with van der Waals surface area (Å²) in [5.41, 5.74) is 0. The van der Waals surface area contributed by atoms with Gasteiger partial charge in [-0.1, -0.05) is 18.7 Å². The fraction of sp³-hybridized carbons (Fsp3) is 0.727. The van der Waals surface area contributed by atoms with Gasteiger partial charge in [-0.25, -0.2) is 4.79 Å². The molecule has 96 valence electrons. The van der Waals surface area contributed by atoms with Crippen molar-refractivity contribution in [2.45, 2.75) is 44.4 Å². The molecule has 1 heterocycles. The maximum atomic E-state index is 11.9. The molecule has 1 aliphatic heterocycles. The van der Waals surface area contributed by atoms with Gasteiger partial charge in [0.2, 0.25) is 5.91 Å². The highest BCUT2D eigenvalue weighted by atomic mass is 32.2. The molecule has 1 N–H and O–H groups in total. The molecular formula is C11H17NO4S. The number of thioether (sulfide) groups is 1. The molecule has 1 aliphatic rings. The summed E-state index contributed by atoms with van der Waals surface area (Å²) in [5.74, 6) is -1.11. The predicted molar refractivity (Wildman–Crippen MR) is 64.7 cm³/mol. The molecule has 1 saturated heterocycles. The van der Waals surface area contributed by atoms with Gasteiger partial charge < -0.3 is 10.0 Å². The average Bonchev–Trinajstić information content (AvgIpc) is 2.63. The Morgan fingerprint density at radius 3 is 2.65 bits per heavy atom. The molecule has 0 aromatic heterocycles. The first-order valence-corrected chi connectivity index (χ1v) is 6.49. The first-order valence-electron chi connectivity index (χ1n) is 5.61. The average molecular weight is 259 g/mol. The van der Waals surface area contributed by atoms with Crippen LogP contribution in [0.15, 0.2) is 0 Å². The first-order chi connectivity index (χ1) is 7.91. The van der Waals surface area contributed by atoms with Gasteiger partial charge in [-0.05, 0) is 12.8 Å². The normalized spacial score (nSPS) is 21.3. The zero-order valence-corrected chi connectivity index (χ0v) is 10.8. The van der Waals surface area contributed by atoms with Crippen LogP contribution in [-0.4, -0.2) is 44.8 Å². The summed E-state index contributed by atoms with van der Waals surface area (Å²) in [6.45, 7) is 3.77. The quantitative estimate of drug-likeness (QED) is 0.819. The van der Waals surface area contributed by atoms with Gasteiger partial charge in [-0.2, -0.15) is 0 Å². The Bertz CT molecular complexity index is 331. The molecule has 1 amide bonds. The third kappa shape index (κ3) is 4.03. The van der Waals surface area contributed by atoms with Gasteiger partial charge in [-0.15, -0.1) is 0 Å². The van der Waals surface area contributed by atoms with Crippen molar-refractivity contribution in [3.05, 3.63) is 0 Å². The van der Waals surface area contributed by atoms with Crippen LogP contribution in [0, 0.1) is 0 Å². The zero-order valence-electron chi connectivity index (χ0n) is 10.0. The lowest BCUT2D eigenvalue weighted by atomic mass is 10.2. The fourth-order valence-corrected chi connectivity index (χ4v) is 2.80. The fourth-order valence-electron chi connectivity index (χ4n) is 2.01. The number of carbonyl (C=O) groups is 3. The molecule has 0 aromatic rings. The van der Waals surface area contributed by atoms with Gasteiger partial charge in [0.25, 0.3) is 0 Å². The lowest BCUT2D eigenvalue weighted by Crippen LogP contribution is -2.41. The highest BCUT2D eigenvalue weighted by Gasteiger charge is 2.34. The number of amides is 1. The van der Waals surface area contributed by atoms with Gasteiger partial charge in [0.1, 0.15) is 6.04 Å². The molecule has 1 fully saturated rings. The first kappa shape index (κ1) is 14.0. The highest BCUT2D eigenvalue weighted by molar-refractivity contribution is 8.14. The molecule has 0 saturated carbocycles. The van der Waals surface area contributed by atoms with Crippen LogP contribution in [0.4, 0.5) is 0 Å². The number of carboxylic acids is 1. The lowest BCUT2D eigenvalue weighted by Gasteiger charge is -2.22. The molecule has 2 atom stereocenters. The van der Waals surface area contributed by atoms with Crippen LogP contribution < -0.4 is 0 Å². The summed E-state index contributed by atoms with van der Waals surface area (Å²) in [6, 6.07) is -0.683. The van der Waals surface area contributed by atoms with Crippen molar-refractivity contribution >= 4 is 28.8 Å². The molecular weight excluding hydrogens is 242 g/mol. The third-order valence-corrected chi connectivity index (χ3v) is 3.59. The van der Waals surface area contributed by atoms with E-state index in [-0.39, 0.29) is 22.7 Å². The van der Waals surface area contributed by atoms with Crippen molar-refractivity contribution in [1.29, 1.82) is 0 Å². The number of likely N-dealkylation sites (tertiary alicyclic amines) is 1. The van der Waals surface area contributed by atoms with Gasteiger partial charge in [-0.3, -0.25) is 9.59 Å². The summed E-state index contributed by atoms with van der Waals surface area (Å²) < 4.78 is 0. The number of aliphatic carboxylic acids is 1. The molecule has 17 heavy (non-hydrogen) atoms. The Balaban J connectivity index is 2.52. The zero-order chi connectivity index (χ0) is 13.0. The van der Waals surface area contributed by atoms with E-state index >= 15 is 0 Å². The van der Waals surface area contributed by atoms with Crippen LogP contribution in [0.2, 0.25) is 0 Å². The van der Waals surface area contributed by atoms with Crippen molar-refractivity contribution in [2.24, 2.45) is 0 Å². The van der Waals surface area contributed by atoms with Crippen molar-refractivity contribution in [1.82, 2.24) is 4.90 Å². The second-order valence-corrected chi connectivity index (χ2v) is 5.82. The molecule has 0 bridgehead atoms. The number of hydrogen-bond acceptors (Lipinski definition) is 4. The molecule has 1 unspecified atom stereocenters. The highest BCUT2D eigenvalue weighted by Crippen LogP contribution is 2.22. The van der Waals surface area contributed by atoms with E-state index in [0.29, 0.717) is 13.0 Å². The number of nitrogens with zero attached hydrogens (tertiary/aromatic N) is 1. The maximum absolute atomic E-state index is 11.9. The lowest BCUT2D eigenvalue weighted by molar-refractivity contribution is -0.148. The van der Waals surface area contributed by atoms with Gasteiger partial charge in [0.15, 0.2) is 5.12 Å². The van der Waals surface area contributed by atoms with Crippen LogP contribution in [0.5, 0.6) is 0 Å². The van der Waals surface area contributed by atoms with Gasteiger partial charge >= 0.3 is 5.97 Å². The van der Waals surface area contributed by atoms with Gasteiger partial charge in [0, 0.05) is 25.1 Å². The summed E-state index contributed by atoms with van der Waals surface area (Å²) >= 11 is 1.12. The van der Waals surface area contributed by atoms with Gasteiger partial charge in [0.05, 0.1) is 0 Å². The van der Waals surface area contributed by atoms with Crippen LogP contribution in [0.25, 0.3) is 0 Å². The van der Waals surface area contributed by atoms with Crippen molar-refractivity contribution < 1.29 is 19.5 Å². The monoisotopic (exact) mass is 259 g/mol. The van der Waals surface area contributed by atoms with Crippen molar-refractivity contribution in [3.8, 4) is 0 Å². The maximum Gasteiger partial charge on any atom is 0.326 e. The number of carbonyl (C=O) groups excluding carboxylic acids is 2. The van der Waals surface area contributed by atoms with E-state index in [4.69, 9.17) is 5.11 Å². The molecule has 0 aromatic carbocycles. The van der Waals surface area contributed by atoms with Crippen LogP contribution in [0.1, 0.15) is 33.1 Å². The molecule has 1 rings (SSSR count). The topological polar surface area (TPSA) is 74.7 Å². The Kier molecular flexibility index (Phi) is 4.99. The minimum Gasteiger partial charge on any atom is -0.480 e. The summed E-state index contributed by atoms with van der Waals surface area (Å²) in [6.07, 6.45) is 1.47. The van der Waals surface area contributed by atoms with E-state index < -0.39 is 12.0 Å². The number of hydrogen-bond donors (Lipinski definition) is 1. The van der Waals surface area contributed by atoms with E-state index in [1.165, 1.54) is 11.8 Å². The number of carboxylic acid groups (broad SMARTS) is 1. The SMILES string of the molecule is CC(=O)SC(C)CC(=O)N1CCC[C@H]1C(=O)O. The molecule has 0 spiro atoms. The molecule has 6 heteroatoms. The standard InChI is InChI=1S/C11H17NO4S/c1-7(17-8(2)13)6-10(14)12-5-3-4-9(12)11(15)16/h7,9H,3-6H2,1-2H3,(H,15,16)/t7?,9-/m0/s1. The van der Waals surface area contributed by atoms with E-state index in [1.807, 2.05) is 0 Å². The van der Waals surface area contributed by atoms with Crippen LogP contribution >= 0.6 is 11.8 Å². The van der Waals surface area contributed by atoms with E-state index in [2.05, 4.69) is 0 Å². The van der Waals surface area contributed by atoms with E-state index in [0.717, 1.165) is 18.2 Å². The third-order valence-electron chi connectivity index (χ3n) is 2.69. The van der Waals surface area contributed by atoms with E-state index in [9.17, 15) is 14.4 Å². The minimum absolute atomic E-state index is 0.0264.